The summed E-state index contributed by atoms with van der Waals surface area (Å²) in [7, 11) is 1.62. The average Bonchev–Trinajstić information content (AvgIpc) is 2.94. The molecule has 0 aliphatic rings. The number of nitrogens with zero attached hydrogens (tertiary/aromatic N) is 1. The van der Waals surface area contributed by atoms with Gasteiger partial charge in [0.15, 0.2) is 0 Å². The molecular formula is C17H24N2O. The van der Waals surface area contributed by atoms with Crippen LogP contribution in [0, 0.1) is 0 Å². The van der Waals surface area contributed by atoms with Crippen molar-refractivity contribution in [1.29, 1.82) is 0 Å². The molecule has 20 heavy (non-hydrogen) atoms. The van der Waals surface area contributed by atoms with Gasteiger partial charge in [-0.15, -0.1) is 0 Å². The summed E-state index contributed by atoms with van der Waals surface area (Å²) in [5.41, 5.74) is 3.48. The molecule has 3 nitrogen and oxygen atoms in total. The second-order valence-corrected chi connectivity index (χ2v) is 4.63. The van der Waals surface area contributed by atoms with E-state index >= 15 is 0 Å². The van der Waals surface area contributed by atoms with Gasteiger partial charge in [-0.3, -0.25) is 0 Å². The maximum absolute atomic E-state index is 5.10. The van der Waals surface area contributed by atoms with Gasteiger partial charge >= 0.3 is 0 Å². The van der Waals surface area contributed by atoms with E-state index in [1.54, 1.807) is 7.11 Å². The van der Waals surface area contributed by atoms with E-state index in [0.717, 1.165) is 11.4 Å². The van der Waals surface area contributed by atoms with E-state index in [-0.39, 0.29) is 5.92 Å². The van der Waals surface area contributed by atoms with Crippen LogP contribution in [-0.2, 0) is 4.74 Å². The molecule has 0 spiro atoms. The predicted octanol–water partition coefficient (Wildman–Crippen LogP) is 4.68. The summed E-state index contributed by atoms with van der Waals surface area (Å²) in [5, 5.41) is 0. The van der Waals surface area contributed by atoms with Crippen LogP contribution in [0.4, 0.5) is 0 Å². The smallest absolute Gasteiger partial charge is 0.208 e. The van der Waals surface area contributed by atoms with Gasteiger partial charge in [0.1, 0.15) is 0 Å². The quantitative estimate of drug-likeness (QED) is 0.456. The first-order valence-corrected chi connectivity index (χ1v) is 6.85. The van der Waals surface area contributed by atoms with Crippen LogP contribution in [0.5, 0.6) is 0 Å². The first-order chi connectivity index (χ1) is 9.60. The molecule has 1 heterocycles. The van der Waals surface area contributed by atoms with Gasteiger partial charge in [0.25, 0.3) is 0 Å². The van der Waals surface area contributed by atoms with Crippen LogP contribution < -0.4 is 0 Å². The Bertz CT molecular complexity index is 533. The lowest BCUT2D eigenvalue weighted by atomic mass is 10.1. The van der Waals surface area contributed by atoms with E-state index in [0.29, 0.717) is 5.88 Å². The maximum atomic E-state index is 5.10. The van der Waals surface area contributed by atoms with Gasteiger partial charge in [0.2, 0.25) is 5.88 Å². The number of nitrogens with one attached hydrogen (secondary N) is 1. The van der Waals surface area contributed by atoms with E-state index in [9.17, 15) is 0 Å². The van der Waals surface area contributed by atoms with Crippen LogP contribution in [0.1, 0.15) is 45.0 Å². The third-order valence-corrected chi connectivity index (χ3v) is 3.08. The van der Waals surface area contributed by atoms with Crippen LogP contribution in [0.2, 0.25) is 0 Å². The number of aromatic amines is 1. The van der Waals surface area contributed by atoms with Crippen molar-refractivity contribution in [3.8, 4) is 0 Å². The van der Waals surface area contributed by atoms with Gasteiger partial charge in [0, 0.05) is 23.5 Å². The van der Waals surface area contributed by atoms with Crippen LogP contribution in [0.15, 0.2) is 46.8 Å². The lowest BCUT2D eigenvalue weighted by Crippen LogP contribution is -1.96. The molecule has 0 aliphatic heterocycles. The summed E-state index contributed by atoms with van der Waals surface area (Å²) in [6.07, 6.45) is 9.98. The number of hydrogen-bond acceptors (Lipinski definition) is 2. The van der Waals surface area contributed by atoms with Gasteiger partial charge in [-0.2, -0.15) is 0 Å². The van der Waals surface area contributed by atoms with Crippen molar-refractivity contribution >= 4 is 12.3 Å². The molecule has 0 saturated heterocycles. The molecule has 0 fully saturated rings. The Balaban J connectivity index is 2.74. The predicted molar refractivity (Wildman–Crippen MR) is 86.9 cm³/mol. The maximum Gasteiger partial charge on any atom is 0.208 e. The summed E-state index contributed by atoms with van der Waals surface area (Å²) in [6, 6.07) is 4.16. The van der Waals surface area contributed by atoms with Crippen molar-refractivity contribution in [3.05, 3.63) is 53.2 Å². The number of aromatic nitrogens is 1. The van der Waals surface area contributed by atoms with Crippen molar-refractivity contribution < 1.29 is 4.74 Å². The van der Waals surface area contributed by atoms with Crippen molar-refractivity contribution in [1.82, 2.24) is 4.98 Å². The number of methoxy groups -OCH3 is 1. The number of allylic oxidation sites excluding steroid dienone is 4. The number of rotatable bonds is 6. The van der Waals surface area contributed by atoms with Gasteiger partial charge in [-0.1, -0.05) is 24.6 Å². The first-order valence-electron chi connectivity index (χ1n) is 6.85. The average molecular weight is 272 g/mol. The van der Waals surface area contributed by atoms with Gasteiger partial charge in [-0.05, 0) is 45.1 Å². The van der Waals surface area contributed by atoms with Gasteiger partial charge in [0.05, 0.1) is 7.11 Å². The minimum atomic E-state index is 0.213. The number of H-pyrrole nitrogens is 1. The second kappa shape index (κ2) is 8.20. The Morgan fingerprint density at radius 1 is 1.30 bits per heavy atom. The summed E-state index contributed by atoms with van der Waals surface area (Å²) in [5.74, 6) is 0.845. The van der Waals surface area contributed by atoms with E-state index in [4.69, 9.17) is 4.74 Å². The van der Waals surface area contributed by atoms with Crippen LogP contribution in [0.25, 0.3) is 6.08 Å². The molecule has 1 aromatic rings. The van der Waals surface area contributed by atoms with E-state index in [1.165, 1.54) is 5.57 Å². The highest BCUT2D eigenvalue weighted by Gasteiger charge is 2.04. The minimum absolute atomic E-state index is 0.213. The monoisotopic (exact) mass is 272 g/mol. The Labute approximate surface area is 121 Å². The number of hydrogen-bond donors (Lipinski definition) is 1. The number of ether oxygens (including phenoxy) is 1. The first kappa shape index (κ1) is 16.0. The Morgan fingerprint density at radius 3 is 2.65 bits per heavy atom. The van der Waals surface area contributed by atoms with Crippen molar-refractivity contribution in [3.63, 3.8) is 0 Å². The molecule has 0 aliphatic carbocycles. The van der Waals surface area contributed by atoms with Crippen molar-refractivity contribution in [2.75, 3.05) is 7.11 Å². The molecule has 3 heteroatoms. The summed E-state index contributed by atoms with van der Waals surface area (Å²) in [4.78, 5) is 7.69. The fraction of sp³-hybridized carbons (Fsp3) is 0.353. The van der Waals surface area contributed by atoms with E-state index < -0.39 is 0 Å². The molecule has 0 aromatic carbocycles. The van der Waals surface area contributed by atoms with Crippen LogP contribution >= 0.6 is 0 Å². The summed E-state index contributed by atoms with van der Waals surface area (Å²) in [6.45, 7) is 8.12. The van der Waals surface area contributed by atoms with Gasteiger partial charge < -0.3 is 9.72 Å². The lowest BCUT2D eigenvalue weighted by Gasteiger charge is -2.03. The molecule has 0 amide bonds. The SMILES string of the molecule is C/C=C(C)\C=C/c1ccc(C(C)/C=N\C(=C/C)OC)[nH]1. The lowest BCUT2D eigenvalue weighted by molar-refractivity contribution is 0.288. The zero-order valence-corrected chi connectivity index (χ0v) is 13.0. The second-order valence-electron chi connectivity index (χ2n) is 4.63. The molecule has 1 aromatic heterocycles. The van der Waals surface area contributed by atoms with Crippen molar-refractivity contribution in [2.45, 2.75) is 33.6 Å². The number of aliphatic imine (C=N–C) groups is 1. The van der Waals surface area contributed by atoms with Crippen LogP contribution in [0.3, 0.4) is 0 Å². The highest BCUT2D eigenvalue weighted by Crippen LogP contribution is 2.15. The zero-order valence-electron chi connectivity index (χ0n) is 13.0. The topological polar surface area (TPSA) is 37.4 Å². The molecule has 1 N–H and O–H groups in total. The Morgan fingerprint density at radius 2 is 2.05 bits per heavy atom. The molecule has 108 valence electrons. The van der Waals surface area contributed by atoms with Crippen molar-refractivity contribution in [2.24, 2.45) is 4.99 Å². The third-order valence-electron chi connectivity index (χ3n) is 3.08. The molecule has 0 radical (unpaired) electrons. The highest BCUT2D eigenvalue weighted by molar-refractivity contribution is 5.68. The largest absolute Gasteiger partial charge is 0.481 e. The fourth-order valence-corrected chi connectivity index (χ4v) is 1.62. The van der Waals surface area contributed by atoms with E-state index in [2.05, 4.69) is 54.2 Å². The van der Waals surface area contributed by atoms with Crippen LogP contribution in [-0.4, -0.2) is 18.3 Å². The highest BCUT2D eigenvalue weighted by atomic mass is 16.5. The standard InChI is InChI=1S/C17H24N2O/c1-6-13(3)8-9-15-10-11-16(19-15)14(4)12-18-17(7-2)20-5/h6-12,14,19H,1-5H3/b9-8-,13-6-,17-7+,18-12-. The molecule has 1 atom stereocenters. The minimum Gasteiger partial charge on any atom is -0.481 e. The molecule has 1 unspecified atom stereocenters. The van der Waals surface area contributed by atoms with E-state index in [1.807, 2.05) is 26.1 Å². The molecule has 1 rings (SSSR count). The van der Waals surface area contributed by atoms with Gasteiger partial charge in [-0.25, -0.2) is 4.99 Å². The zero-order chi connectivity index (χ0) is 15.0. The summed E-state index contributed by atoms with van der Waals surface area (Å²) < 4.78 is 5.10. The third kappa shape index (κ3) is 4.92. The fourth-order valence-electron chi connectivity index (χ4n) is 1.62. The molecule has 0 saturated carbocycles. The Hall–Kier alpha value is -2.03. The molecular weight excluding hydrogens is 248 g/mol. The Kier molecular flexibility index (Phi) is 6.57. The summed E-state index contributed by atoms with van der Waals surface area (Å²) >= 11 is 0. The molecule has 0 bridgehead atoms. The normalized spacial score (nSPS) is 15.2.